The molecule has 1 aliphatic heterocycles. The van der Waals surface area contributed by atoms with E-state index in [4.69, 9.17) is 37.8 Å². The van der Waals surface area contributed by atoms with Crippen LogP contribution in [0.1, 0.15) is 5.56 Å². The molecule has 3 rings (SSSR count). The van der Waals surface area contributed by atoms with E-state index >= 15 is 0 Å². The van der Waals surface area contributed by atoms with Crippen molar-refractivity contribution < 1.29 is 32.5 Å². The van der Waals surface area contributed by atoms with Crippen LogP contribution in [-0.4, -0.2) is 28.3 Å². The lowest BCUT2D eigenvalue weighted by atomic mass is 10.0. The van der Waals surface area contributed by atoms with Crippen LogP contribution >= 0.6 is 23.2 Å². The Labute approximate surface area is 154 Å². The van der Waals surface area contributed by atoms with E-state index in [2.05, 4.69) is 4.98 Å². The summed E-state index contributed by atoms with van der Waals surface area (Å²) in [5, 5.41) is 9.20. The van der Waals surface area contributed by atoms with Crippen molar-refractivity contribution in [1.29, 1.82) is 0 Å². The minimum Gasteiger partial charge on any atom is -0.478 e. The van der Waals surface area contributed by atoms with Gasteiger partial charge < -0.3 is 14.6 Å². The van der Waals surface area contributed by atoms with E-state index < -0.39 is 23.8 Å². The zero-order valence-electron chi connectivity index (χ0n) is 12.6. The fraction of sp³-hybridized carbons (Fsp3) is 0.125. The summed E-state index contributed by atoms with van der Waals surface area (Å²) in [4.78, 5) is 15.0. The number of ether oxygens (including phenoxy) is 2. The van der Waals surface area contributed by atoms with E-state index in [9.17, 15) is 18.0 Å². The summed E-state index contributed by atoms with van der Waals surface area (Å²) < 4.78 is 49.6. The molecule has 0 saturated carbocycles. The second-order valence-corrected chi connectivity index (χ2v) is 5.96. The number of fused-ring (bicyclic) bond motifs is 1. The van der Waals surface area contributed by atoms with E-state index in [0.717, 1.165) is 12.1 Å². The number of benzene rings is 1. The third kappa shape index (κ3) is 3.71. The van der Waals surface area contributed by atoms with Crippen molar-refractivity contribution >= 4 is 35.2 Å². The SMILES string of the molecule is O=C(O)C1=Cc2cc(Cl)c(Oc3cccc(Cl)n3)cc2OC1C(F)(F)F. The lowest BCUT2D eigenvalue weighted by molar-refractivity contribution is -0.187. The second-order valence-electron chi connectivity index (χ2n) is 5.17. The van der Waals surface area contributed by atoms with E-state index in [1.165, 1.54) is 18.2 Å². The molecule has 0 radical (unpaired) electrons. The molecule has 10 heteroatoms. The number of hydrogen-bond acceptors (Lipinski definition) is 4. The molecule has 0 bridgehead atoms. The molecule has 1 N–H and O–H groups in total. The van der Waals surface area contributed by atoms with Crippen LogP contribution in [0.5, 0.6) is 17.4 Å². The van der Waals surface area contributed by atoms with Crippen LogP contribution in [0.4, 0.5) is 13.2 Å². The smallest absolute Gasteiger partial charge is 0.430 e. The molecule has 0 amide bonds. The summed E-state index contributed by atoms with van der Waals surface area (Å²) in [6, 6.07) is 6.93. The van der Waals surface area contributed by atoms with Gasteiger partial charge in [0, 0.05) is 17.7 Å². The largest absolute Gasteiger partial charge is 0.478 e. The molecule has 136 valence electrons. The monoisotopic (exact) mass is 405 g/mol. The first-order chi connectivity index (χ1) is 12.1. The first-order valence-corrected chi connectivity index (χ1v) is 7.73. The highest BCUT2D eigenvalue weighted by Gasteiger charge is 2.48. The number of halogens is 5. The highest BCUT2D eigenvalue weighted by Crippen LogP contribution is 2.42. The molecule has 0 fully saturated rings. The molecule has 1 aromatic heterocycles. The van der Waals surface area contributed by atoms with Crippen LogP contribution in [0, 0.1) is 0 Å². The minimum atomic E-state index is -4.91. The number of alkyl halides is 3. The van der Waals surface area contributed by atoms with Crippen molar-refractivity contribution in [2.75, 3.05) is 0 Å². The maximum atomic E-state index is 13.1. The Morgan fingerprint density at radius 2 is 2.00 bits per heavy atom. The van der Waals surface area contributed by atoms with Crippen molar-refractivity contribution in [3.8, 4) is 17.4 Å². The topological polar surface area (TPSA) is 68.7 Å². The summed E-state index contributed by atoms with van der Waals surface area (Å²) in [6.45, 7) is 0. The number of pyridine rings is 1. The Balaban J connectivity index is 2.01. The molecule has 0 aliphatic carbocycles. The van der Waals surface area contributed by atoms with Gasteiger partial charge in [0.25, 0.3) is 0 Å². The van der Waals surface area contributed by atoms with Gasteiger partial charge in [-0.1, -0.05) is 29.3 Å². The first-order valence-electron chi connectivity index (χ1n) is 6.97. The second kappa shape index (κ2) is 6.69. The Morgan fingerprint density at radius 1 is 1.27 bits per heavy atom. The van der Waals surface area contributed by atoms with E-state index in [1.807, 2.05) is 0 Å². The minimum absolute atomic E-state index is 0.0201. The van der Waals surface area contributed by atoms with Crippen LogP contribution < -0.4 is 9.47 Å². The van der Waals surface area contributed by atoms with E-state index in [0.29, 0.717) is 0 Å². The number of rotatable bonds is 3. The van der Waals surface area contributed by atoms with Gasteiger partial charge in [-0.05, 0) is 18.2 Å². The third-order valence-electron chi connectivity index (χ3n) is 3.35. The van der Waals surface area contributed by atoms with Gasteiger partial charge in [-0.25, -0.2) is 9.78 Å². The zero-order chi connectivity index (χ0) is 19.1. The lowest BCUT2D eigenvalue weighted by Crippen LogP contribution is -2.40. The van der Waals surface area contributed by atoms with Gasteiger partial charge in [0.05, 0.1) is 10.6 Å². The average molecular weight is 406 g/mol. The Morgan fingerprint density at radius 3 is 2.62 bits per heavy atom. The Hall–Kier alpha value is -2.45. The molecule has 2 aromatic rings. The molecule has 1 aliphatic rings. The molecule has 0 saturated heterocycles. The molecule has 0 spiro atoms. The summed E-state index contributed by atoms with van der Waals surface area (Å²) in [5.41, 5.74) is -0.856. The predicted octanol–water partition coefficient (Wildman–Crippen LogP) is 4.97. The summed E-state index contributed by atoms with van der Waals surface area (Å²) in [5.74, 6) is -1.91. The summed E-state index contributed by atoms with van der Waals surface area (Å²) >= 11 is 11.8. The van der Waals surface area contributed by atoms with Gasteiger partial charge in [0.15, 0.2) is 5.75 Å². The zero-order valence-corrected chi connectivity index (χ0v) is 14.1. The number of carbonyl (C=O) groups is 1. The maximum Gasteiger partial charge on any atom is 0.430 e. The number of hydrogen-bond donors (Lipinski definition) is 1. The van der Waals surface area contributed by atoms with Gasteiger partial charge in [-0.15, -0.1) is 0 Å². The van der Waals surface area contributed by atoms with Gasteiger partial charge in [-0.2, -0.15) is 13.2 Å². The quantitative estimate of drug-likeness (QED) is 0.729. The molecular formula is C16H8Cl2F3NO4. The molecule has 26 heavy (non-hydrogen) atoms. The van der Waals surface area contributed by atoms with Crippen molar-refractivity contribution in [3.05, 3.63) is 51.6 Å². The van der Waals surface area contributed by atoms with Crippen LogP contribution in [0.3, 0.4) is 0 Å². The Bertz CT molecular complexity index is 915. The number of carboxylic acid groups (broad SMARTS) is 1. The molecule has 1 atom stereocenters. The van der Waals surface area contributed by atoms with Crippen molar-refractivity contribution in [2.24, 2.45) is 0 Å². The number of aliphatic carboxylic acids is 1. The van der Waals surface area contributed by atoms with Crippen molar-refractivity contribution in [3.63, 3.8) is 0 Å². The Kier molecular flexibility index (Phi) is 4.72. The van der Waals surface area contributed by atoms with E-state index in [1.54, 1.807) is 6.07 Å². The average Bonchev–Trinajstić information content (AvgIpc) is 2.53. The standard InChI is InChI=1S/C16H8Cl2F3NO4/c17-9-5-7-4-8(15(23)24)14(16(19,20)21)26-10(7)6-11(9)25-13-3-1-2-12(18)22-13/h1-6,14H,(H,23,24). The highest BCUT2D eigenvalue weighted by molar-refractivity contribution is 6.32. The fourth-order valence-electron chi connectivity index (χ4n) is 2.25. The highest BCUT2D eigenvalue weighted by atomic mass is 35.5. The summed E-state index contributed by atoms with van der Waals surface area (Å²) in [7, 11) is 0. The molecular weight excluding hydrogens is 398 g/mol. The van der Waals surface area contributed by atoms with Crippen LogP contribution in [0.25, 0.3) is 6.08 Å². The van der Waals surface area contributed by atoms with Gasteiger partial charge in [0.2, 0.25) is 12.0 Å². The van der Waals surface area contributed by atoms with Gasteiger partial charge in [-0.3, -0.25) is 0 Å². The number of aromatic nitrogens is 1. The molecule has 1 unspecified atom stereocenters. The fourth-order valence-corrected chi connectivity index (χ4v) is 2.62. The molecule has 1 aromatic carbocycles. The van der Waals surface area contributed by atoms with Gasteiger partial charge in [0.1, 0.15) is 10.9 Å². The summed E-state index contributed by atoms with van der Waals surface area (Å²) in [6.07, 6.45) is -6.64. The van der Waals surface area contributed by atoms with Crippen molar-refractivity contribution in [1.82, 2.24) is 4.98 Å². The van der Waals surface area contributed by atoms with Crippen LogP contribution in [0.15, 0.2) is 35.9 Å². The number of carboxylic acids is 1. The van der Waals surface area contributed by atoms with Crippen LogP contribution in [0.2, 0.25) is 10.2 Å². The van der Waals surface area contributed by atoms with Crippen molar-refractivity contribution in [2.45, 2.75) is 12.3 Å². The van der Waals surface area contributed by atoms with E-state index in [-0.39, 0.29) is 33.1 Å². The maximum absolute atomic E-state index is 13.1. The lowest BCUT2D eigenvalue weighted by Gasteiger charge is -2.27. The van der Waals surface area contributed by atoms with Crippen LogP contribution in [-0.2, 0) is 4.79 Å². The molecule has 5 nitrogen and oxygen atoms in total. The third-order valence-corrected chi connectivity index (χ3v) is 3.86. The normalized spacial score (nSPS) is 16.3. The first kappa shape index (κ1) is 18.3. The van der Waals surface area contributed by atoms with Gasteiger partial charge >= 0.3 is 12.1 Å². The predicted molar refractivity (Wildman–Crippen MR) is 86.9 cm³/mol. The number of nitrogens with zero attached hydrogens (tertiary/aromatic N) is 1. The molecule has 2 heterocycles.